The molecule has 3 aromatic rings. The number of aldehydes is 2. The summed E-state index contributed by atoms with van der Waals surface area (Å²) < 4.78 is -0.447. The first kappa shape index (κ1) is 31.3. The number of rotatable bonds is 16. The highest BCUT2D eigenvalue weighted by atomic mass is 32.2. The Morgan fingerprint density at radius 2 is 1.11 bits per heavy atom. The molecule has 3 aromatic carbocycles. The minimum atomic E-state index is -0.447. The van der Waals surface area contributed by atoms with E-state index in [1.807, 2.05) is 54.6 Å². The third-order valence-corrected chi connectivity index (χ3v) is 9.65. The van der Waals surface area contributed by atoms with Gasteiger partial charge in [0, 0.05) is 14.7 Å². The molecular weight excluding hydrogens is 513 g/mol. The first-order chi connectivity index (χ1) is 18.1. The van der Waals surface area contributed by atoms with E-state index in [1.54, 1.807) is 35.3 Å². The number of hydrogen-bond acceptors (Lipinski definition) is 5. The van der Waals surface area contributed by atoms with E-state index in [1.165, 1.54) is 30.6 Å². The highest BCUT2D eigenvalue weighted by Gasteiger charge is 2.32. The van der Waals surface area contributed by atoms with Gasteiger partial charge in [-0.05, 0) is 49.2 Å². The summed E-state index contributed by atoms with van der Waals surface area (Å²) >= 11 is 5.02. The lowest BCUT2D eigenvalue weighted by atomic mass is 10.1. The minimum Gasteiger partial charge on any atom is -0.302 e. The maximum atomic E-state index is 12.0. The molecule has 1 atom stereocenters. The maximum Gasteiger partial charge on any atom is 0.146 e. The quantitative estimate of drug-likeness (QED) is 0.0764. The van der Waals surface area contributed by atoms with Crippen molar-refractivity contribution in [3.05, 3.63) is 91.0 Å². The third kappa shape index (κ3) is 12.9. The number of thioether (sulfide) groups is 3. The smallest absolute Gasteiger partial charge is 0.146 e. The van der Waals surface area contributed by atoms with Crippen molar-refractivity contribution in [1.82, 2.24) is 0 Å². The number of hydrogen-bond donors (Lipinski definition) is 0. The fourth-order valence-corrected chi connectivity index (χ4v) is 7.37. The molecule has 198 valence electrons. The van der Waals surface area contributed by atoms with Crippen molar-refractivity contribution in [3.8, 4) is 0 Å². The standard InChI is InChI=1S/C19H22OS2.C13H18OS/c1-2-3-10-15-19(16-20,21-17-11-6-4-7-12-17)22-18-13-8-5-9-14-18;1-2-3-5-10-13(11-14)15-12-8-6-4-7-9-12/h4-9,11-14,16H,2-3,10,15H2,1H3;4,6-9,11,13H,2-3,5,10H2,1H3. The molecule has 3 rings (SSSR count). The SMILES string of the molecule is CCCCCC(C=O)(Sc1ccccc1)Sc1ccccc1.CCCCCC(C=O)Sc1ccccc1. The number of benzene rings is 3. The summed E-state index contributed by atoms with van der Waals surface area (Å²) in [5.41, 5.74) is 0. The molecule has 2 nitrogen and oxygen atoms in total. The molecule has 0 aliphatic rings. The zero-order valence-corrected chi connectivity index (χ0v) is 24.5. The molecule has 5 heteroatoms. The maximum absolute atomic E-state index is 12.0. The van der Waals surface area contributed by atoms with Crippen molar-refractivity contribution in [2.75, 3.05) is 0 Å². The number of carbonyl (C=O) groups is 2. The van der Waals surface area contributed by atoms with Crippen LogP contribution in [0.3, 0.4) is 0 Å². The summed E-state index contributed by atoms with van der Waals surface area (Å²) in [6.07, 6.45) is 11.1. The Bertz CT molecular complexity index is 939. The highest BCUT2D eigenvalue weighted by molar-refractivity contribution is 8.19. The average Bonchev–Trinajstić information content (AvgIpc) is 2.94. The Morgan fingerprint density at radius 3 is 1.54 bits per heavy atom. The zero-order chi connectivity index (χ0) is 26.6. The Labute approximate surface area is 236 Å². The van der Waals surface area contributed by atoms with Gasteiger partial charge in [-0.15, -0.1) is 35.3 Å². The molecule has 0 aliphatic carbocycles. The molecule has 0 radical (unpaired) electrons. The lowest BCUT2D eigenvalue weighted by Gasteiger charge is -2.27. The van der Waals surface area contributed by atoms with Crippen molar-refractivity contribution in [2.45, 2.75) is 89.2 Å². The lowest BCUT2D eigenvalue weighted by molar-refractivity contribution is -0.108. The predicted octanol–water partition coefficient (Wildman–Crippen LogP) is 9.97. The first-order valence-corrected chi connectivity index (χ1v) is 15.8. The van der Waals surface area contributed by atoms with E-state index in [4.69, 9.17) is 0 Å². The first-order valence-electron chi connectivity index (χ1n) is 13.3. The van der Waals surface area contributed by atoms with E-state index in [0.717, 1.165) is 48.0 Å². The summed E-state index contributed by atoms with van der Waals surface area (Å²) in [5.74, 6) is 0. The molecule has 0 aliphatic heterocycles. The summed E-state index contributed by atoms with van der Waals surface area (Å²) in [7, 11) is 0. The molecule has 0 saturated carbocycles. The predicted molar refractivity (Wildman–Crippen MR) is 164 cm³/mol. The van der Waals surface area contributed by atoms with Gasteiger partial charge in [0.05, 0.1) is 5.25 Å². The summed E-state index contributed by atoms with van der Waals surface area (Å²) in [6.45, 7) is 4.37. The molecule has 0 spiro atoms. The summed E-state index contributed by atoms with van der Waals surface area (Å²) in [6, 6.07) is 30.6. The zero-order valence-electron chi connectivity index (χ0n) is 22.1. The largest absolute Gasteiger partial charge is 0.302 e. The molecule has 0 amide bonds. The van der Waals surface area contributed by atoms with Crippen molar-refractivity contribution in [2.24, 2.45) is 0 Å². The van der Waals surface area contributed by atoms with Crippen LogP contribution in [0.15, 0.2) is 106 Å². The van der Waals surface area contributed by atoms with Crippen LogP contribution in [0.2, 0.25) is 0 Å². The normalized spacial score (nSPS) is 11.7. The topological polar surface area (TPSA) is 34.1 Å². The van der Waals surface area contributed by atoms with Crippen LogP contribution in [0, 0.1) is 0 Å². The van der Waals surface area contributed by atoms with Crippen molar-refractivity contribution >= 4 is 47.9 Å². The van der Waals surface area contributed by atoms with Crippen LogP contribution in [0.4, 0.5) is 0 Å². The van der Waals surface area contributed by atoms with E-state index in [9.17, 15) is 9.59 Å². The molecule has 0 N–H and O–H groups in total. The van der Waals surface area contributed by atoms with Crippen molar-refractivity contribution < 1.29 is 9.59 Å². The van der Waals surface area contributed by atoms with E-state index >= 15 is 0 Å². The van der Waals surface area contributed by atoms with Crippen molar-refractivity contribution in [1.29, 1.82) is 0 Å². The fraction of sp³-hybridized carbons (Fsp3) is 0.375. The van der Waals surface area contributed by atoms with Crippen LogP contribution in [-0.2, 0) is 9.59 Å². The Kier molecular flexibility index (Phi) is 16.2. The second-order valence-electron chi connectivity index (χ2n) is 8.82. The Balaban J connectivity index is 0.000000281. The molecular formula is C32H40O2S3. The van der Waals surface area contributed by atoms with E-state index in [2.05, 4.69) is 50.2 Å². The van der Waals surface area contributed by atoms with Crippen molar-refractivity contribution in [3.63, 3.8) is 0 Å². The van der Waals surface area contributed by atoms with E-state index in [-0.39, 0.29) is 5.25 Å². The Morgan fingerprint density at radius 1 is 0.649 bits per heavy atom. The van der Waals surface area contributed by atoms with Crippen LogP contribution in [0.5, 0.6) is 0 Å². The third-order valence-electron chi connectivity index (χ3n) is 5.65. The molecule has 0 aromatic heterocycles. The van der Waals surface area contributed by atoms with Gasteiger partial charge in [-0.25, -0.2) is 0 Å². The van der Waals surface area contributed by atoms with E-state index in [0.29, 0.717) is 0 Å². The van der Waals surface area contributed by atoms with Gasteiger partial charge in [-0.3, -0.25) is 0 Å². The lowest BCUT2D eigenvalue weighted by Crippen LogP contribution is -2.22. The summed E-state index contributed by atoms with van der Waals surface area (Å²) in [4.78, 5) is 26.4. The summed E-state index contributed by atoms with van der Waals surface area (Å²) in [5, 5.41) is 0.124. The molecule has 0 bridgehead atoms. The Hall–Kier alpha value is -1.95. The van der Waals surface area contributed by atoms with Gasteiger partial charge in [-0.1, -0.05) is 107 Å². The van der Waals surface area contributed by atoms with E-state index < -0.39 is 4.08 Å². The van der Waals surface area contributed by atoms with Crippen LogP contribution in [0.1, 0.15) is 65.2 Å². The van der Waals surface area contributed by atoms with Gasteiger partial charge in [0.1, 0.15) is 16.7 Å². The van der Waals surface area contributed by atoms with Gasteiger partial charge in [-0.2, -0.15) is 0 Å². The van der Waals surface area contributed by atoms with Crippen LogP contribution >= 0.6 is 35.3 Å². The monoisotopic (exact) mass is 552 g/mol. The molecule has 0 heterocycles. The molecule has 0 saturated heterocycles. The van der Waals surface area contributed by atoms with Gasteiger partial charge in [0.25, 0.3) is 0 Å². The van der Waals surface area contributed by atoms with Gasteiger partial charge < -0.3 is 9.59 Å². The second kappa shape index (κ2) is 19.2. The van der Waals surface area contributed by atoms with Gasteiger partial charge >= 0.3 is 0 Å². The second-order valence-corrected chi connectivity index (χ2v) is 13.2. The molecule has 1 unspecified atom stereocenters. The number of carbonyl (C=O) groups excluding carboxylic acids is 2. The fourth-order valence-electron chi connectivity index (χ4n) is 3.65. The van der Waals surface area contributed by atoms with Gasteiger partial charge in [0.2, 0.25) is 0 Å². The van der Waals surface area contributed by atoms with Gasteiger partial charge in [0.15, 0.2) is 0 Å². The minimum absolute atomic E-state index is 0.124. The molecule has 37 heavy (non-hydrogen) atoms. The van der Waals surface area contributed by atoms with Crippen LogP contribution in [-0.4, -0.2) is 21.9 Å². The van der Waals surface area contributed by atoms with Crippen LogP contribution < -0.4 is 0 Å². The molecule has 0 fully saturated rings. The number of unbranched alkanes of at least 4 members (excludes halogenated alkanes) is 4. The van der Waals surface area contributed by atoms with Crippen LogP contribution in [0.25, 0.3) is 0 Å². The average molecular weight is 553 g/mol. The highest BCUT2D eigenvalue weighted by Crippen LogP contribution is 2.47.